The van der Waals surface area contributed by atoms with E-state index in [9.17, 15) is 9.90 Å². The van der Waals surface area contributed by atoms with E-state index in [2.05, 4.69) is 21.5 Å². The number of benzene rings is 1. The van der Waals surface area contributed by atoms with Gasteiger partial charge in [0.2, 0.25) is 0 Å². The maximum absolute atomic E-state index is 15.3. The van der Waals surface area contributed by atoms with E-state index in [1.54, 1.807) is 18.5 Å². The van der Waals surface area contributed by atoms with Gasteiger partial charge in [-0.2, -0.15) is 4.98 Å². The van der Waals surface area contributed by atoms with Crippen LogP contribution in [0.3, 0.4) is 0 Å². The minimum Gasteiger partial charge on any atom is -0.398 e. The summed E-state index contributed by atoms with van der Waals surface area (Å²) in [6.45, 7) is 8.74. The highest BCUT2D eigenvalue weighted by molar-refractivity contribution is 6.34. The lowest BCUT2D eigenvalue weighted by molar-refractivity contribution is 0.0000493. The predicted molar refractivity (Wildman–Crippen MR) is 169 cm³/mol. The molecule has 4 aromatic rings. The van der Waals surface area contributed by atoms with Gasteiger partial charge in [0.25, 0.3) is 0 Å². The number of fused-ring (bicyclic) bond motifs is 1. The average molecular weight is 617 g/mol. The summed E-state index contributed by atoms with van der Waals surface area (Å²) >= 11 is 6.87. The van der Waals surface area contributed by atoms with Crippen molar-refractivity contribution in [1.82, 2.24) is 29.4 Å². The zero-order valence-electron chi connectivity index (χ0n) is 24.6. The molecule has 7 rings (SSSR count). The number of hydrogen-bond acceptors (Lipinski definition) is 9. The smallest absolute Gasteiger partial charge is 0.355 e. The van der Waals surface area contributed by atoms with Crippen LogP contribution in [0.5, 0.6) is 0 Å². The molecule has 0 radical (unpaired) electrons. The SMILES string of the molecule is C=CC(O)N1C[C@H](C)N(c2nc(=O)n(-c3c(C4CC4)ncnc3C3CC3)c3nc(-c4c(N)cccc4F)c(Cl)cc23)C[C@H]1C. The Kier molecular flexibility index (Phi) is 7.14. The van der Waals surface area contributed by atoms with Crippen molar-refractivity contribution >= 4 is 34.1 Å². The Balaban J connectivity index is 1.51. The fraction of sp³-hybridized carbons (Fsp3) is 0.406. The lowest BCUT2D eigenvalue weighted by Gasteiger charge is -2.46. The second-order valence-electron chi connectivity index (χ2n) is 12.2. The molecule has 1 aromatic carbocycles. The molecular weight excluding hydrogens is 583 g/mol. The van der Waals surface area contributed by atoms with Crippen molar-refractivity contribution in [3.63, 3.8) is 0 Å². The summed E-state index contributed by atoms with van der Waals surface area (Å²) in [5.74, 6) is 0.285. The molecule has 2 aliphatic carbocycles. The third-order valence-electron chi connectivity index (χ3n) is 8.97. The van der Waals surface area contributed by atoms with Gasteiger partial charge < -0.3 is 15.7 Å². The third kappa shape index (κ3) is 4.83. The van der Waals surface area contributed by atoms with Gasteiger partial charge in [0.15, 0.2) is 5.65 Å². The first kappa shape index (κ1) is 28.8. The van der Waals surface area contributed by atoms with E-state index in [0.29, 0.717) is 30.0 Å². The number of rotatable bonds is 7. The first-order chi connectivity index (χ1) is 21.2. The molecule has 228 valence electrons. The molecule has 12 heteroatoms. The van der Waals surface area contributed by atoms with Gasteiger partial charge in [-0.15, -0.1) is 0 Å². The molecule has 3 aliphatic rings. The molecule has 4 heterocycles. The zero-order chi connectivity index (χ0) is 30.9. The Hall–Kier alpha value is -3.93. The highest BCUT2D eigenvalue weighted by Crippen LogP contribution is 2.48. The Morgan fingerprint density at radius 1 is 1.09 bits per heavy atom. The number of hydrogen-bond donors (Lipinski definition) is 2. The van der Waals surface area contributed by atoms with Crippen LogP contribution in [0.25, 0.3) is 28.0 Å². The predicted octanol–water partition coefficient (Wildman–Crippen LogP) is 4.77. The molecule has 44 heavy (non-hydrogen) atoms. The number of piperazine rings is 1. The highest BCUT2D eigenvalue weighted by atomic mass is 35.5. The van der Waals surface area contributed by atoms with E-state index in [0.717, 1.165) is 37.1 Å². The van der Waals surface area contributed by atoms with E-state index in [-0.39, 0.29) is 51.5 Å². The van der Waals surface area contributed by atoms with Crippen LogP contribution >= 0.6 is 11.6 Å². The van der Waals surface area contributed by atoms with Gasteiger partial charge in [-0.1, -0.05) is 24.2 Å². The van der Waals surface area contributed by atoms with E-state index in [4.69, 9.17) is 22.3 Å². The lowest BCUT2D eigenvalue weighted by atomic mass is 10.1. The van der Waals surface area contributed by atoms with Crippen molar-refractivity contribution < 1.29 is 9.50 Å². The van der Waals surface area contributed by atoms with E-state index < -0.39 is 17.7 Å². The molecular formula is C32H34ClFN8O2. The first-order valence-electron chi connectivity index (χ1n) is 15.0. The molecule has 0 amide bonds. The van der Waals surface area contributed by atoms with Gasteiger partial charge in [0.05, 0.1) is 38.7 Å². The Morgan fingerprint density at radius 2 is 1.77 bits per heavy atom. The van der Waals surface area contributed by atoms with Crippen LogP contribution in [-0.4, -0.2) is 65.9 Å². The van der Waals surface area contributed by atoms with Crippen molar-refractivity contribution in [2.75, 3.05) is 23.7 Å². The van der Waals surface area contributed by atoms with Crippen LogP contribution in [0.2, 0.25) is 5.02 Å². The number of nitrogens with zero attached hydrogens (tertiary/aromatic N) is 7. The van der Waals surface area contributed by atoms with Gasteiger partial charge in [0.1, 0.15) is 24.2 Å². The summed E-state index contributed by atoms with van der Waals surface area (Å²) in [6, 6.07) is 5.91. The normalized spacial score (nSPS) is 21.5. The van der Waals surface area contributed by atoms with E-state index in [1.165, 1.54) is 22.8 Å². The Bertz CT molecular complexity index is 1810. The number of nitrogen functional groups attached to an aromatic ring is 1. The van der Waals surface area contributed by atoms with Crippen molar-refractivity contribution in [1.29, 1.82) is 0 Å². The maximum Gasteiger partial charge on any atom is 0.355 e. The summed E-state index contributed by atoms with van der Waals surface area (Å²) in [6.07, 6.45) is 6.17. The minimum atomic E-state index is -0.794. The quantitative estimate of drug-likeness (QED) is 0.223. The number of aliphatic hydroxyl groups excluding tert-OH is 1. The van der Waals surface area contributed by atoms with Crippen LogP contribution in [0, 0.1) is 5.82 Å². The van der Waals surface area contributed by atoms with Gasteiger partial charge in [-0.25, -0.2) is 28.7 Å². The van der Waals surface area contributed by atoms with Crippen LogP contribution in [0.1, 0.15) is 62.8 Å². The molecule has 3 atom stereocenters. The van der Waals surface area contributed by atoms with Gasteiger partial charge in [-0.3, -0.25) is 4.90 Å². The zero-order valence-corrected chi connectivity index (χ0v) is 25.4. The highest BCUT2D eigenvalue weighted by Gasteiger charge is 2.38. The number of nitrogens with two attached hydrogens (primary N) is 1. The first-order valence-corrected chi connectivity index (χ1v) is 15.4. The maximum atomic E-state index is 15.3. The lowest BCUT2D eigenvalue weighted by Crippen LogP contribution is -2.59. The number of aromatic nitrogens is 5. The Labute approximate surface area is 259 Å². The second-order valence-corrected chi connectivity index (χ2v) is 12.6. The summed E-state index contributed by atoms with van der Waals surface area (Å²) in [4.78, 5) is 37.2. The van der Waals surface area contributed by atoms with Crippen molar-refractivity contribution in [3.8, 4) is 16.9 Å². The monoisotopic (exact) mass is 616 g/mol. The molecule has 0 spiro atoms. The molecule has 1 aliphatic heterocycles. The number of anilines is 2. The van der Waals surface area contributed by atoms with Gasteiger partial charge >= 0.3 is 5.69 Å². The van der Waals surface area contributed by atoms with Crippen LogP contribution in [0.4, 0.5) is 15.9 Å². The Morgan fingerprint density at radius 3 is 2.39 bits per heavy atom. The number of halogens is 2. The molecule has 0 bridgehead atoms. The van der Waals surface area contributed by atoms with E-state index >= 15 is 4.39 Å². The molecule has 3 aromatic heterocycles. The van der Waals surface area contributed by atoms with Gasteiger partial charge in [-0.05, 0) is 63.8 Å². The molecule has 3 N–H and O–H groups in total. The number of aliphatic hydroxyl groups is 1. The molecule has 10 nitrogen and oxygen atoms in total. The summed E-state index contributed by atoms with van der Waals surface area (Å²) in [5, 5.41) is 11.2. The van der Waals surface area contributed by atoms with Crippen molar-refractivity contribution in [2.24, 2.45) is 0 Å². The summed E-state index contributed by atoms with van der Waals surface area (Å²) in [5.41, 5.74) is 8.61. The fourth-order valence-corrected chi connectivity index (χ4v) is 6.64. The molecule has 1 unspecified atom stereocenters. The van der Waals surface area contributed by atoms with Crippen LogP contribution in [0.15, 0.2) is 48.0 Å². The van der Waals surface area contributed by atoms with E-state index in [1.807, 2.05) is 23.6 Å². The van der Waals surface area contributed by atoms with Crippen LogP contribution < -0.4 is 16.3 Å². The topological polar surface area (TPSA) is 126 Å². The second kappa shape index (κ2) is 10.9. The molecule has 2 saturated carbocycles. The molecule has 1 saturated heterocycles. The molecule has 3 fully saturated rings. The summed E-state index contributed by atoms with van der Waals surface area (Å²) < 4.78 is 16.8. The average Bonchev–Trinajstić information content (AvgIpc) is 3.92. The summed E-state index contributed by atoms with van der Waals surface area (Å²) in [7, 11) is 0. The van der Waals surface area contributed by atoms with Crippen molar-refractivity contribution in [2.45, 2.75) is 69.7 Å². The minimum absolute atomic E-state index is 0.0694. The fourth-order valence-electron chi connectivity index (χ4n) is 6.39. The largest absolute Gasteiger partial charge is 0.398 e. The van der Waals surface area contributed by atoms with Crippen molar-refractivity contribution in [3.05, 3.63) is 76.0 Å². The standard InChI is InChI=1S/C32H34ClFN8O2/c1-4-24(43)40-13-17(3)41(14-16(40)2)30-20-12-21(33)28(25-22(34)6-5-7-23(25)35)38-31(20)42(32(44)39-30)29-26(18-8-9-18)36-15-37-27(29)19-10-11-19/h4-7,12,15-19,24,43H,1,8-11,13-14,35H2,2-3H3/t16-,17+,24?/m1/s1. The third-order valence-corrected chi connectivity index (χ3v) is 9.26. The van der Waals surface area contributed by atoms with Gasteiger partial charge in [0, 0.05) is 42.7 Å². The van der Waals surface area contributed by atoms with Crippen LogP contribution in [-0.2, 0) is 0 Å². The number of pyridine rings is 1.